The molecule has 1 N–H and O–H groups in total. The first kappa shape index (κ1) is 22.1. The Morgan fingerprint density at radius 2 is 1.55 bits per heavy atom. The summed E-state index contributed by atoms with van der Waals surface area (Å²) in [6.07, 6.45) is 4.20. The summed E-state index contributed by atoms with van der Waals surface area (Å²) in [5, 5.41) is 2.88. The SMILES string of the molecule is CCCCCOC(=O)c1ccc(NC=C2C(=O)N(CC)C(=O)N(CC)C2=O)cc1. The topological polar surface area (TPSA) is 96.0 Å². The second kappa shape index (κ2) is 10.4. The smallest absolute Gasteiger partial charge is 0.338 e. The van der Waals surface area contributed by atoms with Crippen molar-refractivity contribution in [2.45, 2.75) is 40.0 Å². The number of imide groups is 2. The Bertz CT molecular complexity index is 773. The molecule has 0 atom stereocenters. The number of anilines is 1. The number of carbonyl (C=O) groups is 4. The first-order valence-corrected chi connectivity index (χ1v) is 9.86. The van der Waals surface area contributed by atoms with Crippen LogP contribution < -0.4 is 5.32 Å². The van der Waals surface area contributed by atoms with Gasteiger partial charge in [-0.2, -0.15) is 0 Å². The molecular formula is C21H27N3O5. The van der Waals surface area contributed by atoms with E-state index < -0.39 is 17.8 Å². The molecule has 0 unspecified atom stereocenters. The Labute approximate surface area is 170 Å². The molecule has 2 rings (SSSR count). The van der Waals surface area contributed by atoms with E-state index in [0.29, 0.717) is 17.9 Å². The molecule has 1 aliphatic heterocycles. The lowest BCUT2D eigenvalue weighted by atomic mass is 10.1. The van der Waals surface area contributed by atoms with Gasteiger partial charge >= 0.3 is 12.0 Å². The van der Waals surface area contributed by atoms with Gasteiger partial charge in [-0.25, -0.2) is 9.59 Å². The van der Waals surface area contributed by atoms with Gasteiger partial charge in [-0.1, -0.05) is 19.8 Å². The van der Waals surface area contributed by atoms with Gasteiger partial charge in [0.1, 0.15) is 5.57 Å². The normalized spacial score (nSPS) is 14.3. The Hall–Kier alpha value is -3.16. The Kier molecular flexibility index (Phi) is 7.94. The van der Waals surface area contributed by atoms with Crippen LogP contribution in [-0.2, 0) is 14.3 Å². The van der Waals surface area contributed by atoms with Crippen LogP contribution in [0.4, 0.5) is 10.5 Å². The van der Waals surface area contributed by atoms with Crippen LogP contribution in [0.25, 0.3) is 0 Å². The van der Waals surface area contributed by atoms with Gasteiger partial charge < -0.3 is 10.1 Å². The van der Waals surface area contributed by atoms with Gasteiger partial charge in [0, 0.05) is 25.0 Å². The minimum Gasteiger partial charge on any atom is -0.462 e. The number of urea groups is 1. The van der Waals surface area contributed by atoms with Gasteiger partial charge in [-0.05, 0) is 44.5 Å². The van der Waals surface area contributed by atoms with Crippen molar-refractivity contribution in [2.24, 2.45) is 0 Å². The quantitative estimate of drug-likeness (QED) is 0.296. The molecule has 0 saturated carbocycles. The molecule has 1 saturated heterocycles. The lowest BCUT2D eigenvalue weighted by Gasteiger charge is -2.32. The molecule has 1 aromatic carbocycles. The fourth-order valence-corrected chi connectivity index (χ4v) is 2.84. The second-order valence-electron chi connectivity index (χ2n) is 6.50. The summed E-state index contributed by atoms with van der Waals surface area (Å²) in [6, 6.07) is 5.90. The number of rotatable bonds is 9. The van der Waals surface area contributed by atoms with Gasteiger partial charge in [0.25, 0.3) is 11.8 Å². The molecule has 1 aliphatic rings. The average Bonchev–Trinajstić information content (AvgIpc) is 2.72. The molecule has 0 spiro atoms. The van der Waals surface area contributed by atoms with Crippen molar-refractivity contribution in [3.63, 3.8) is 0 Å². The number of likely N-dealkylation sites (N-methyl/N-ethyl adjacent to an activating group) is 2. The highest BCUT2D eigenvalue weighted by molar-refractivity contribution is 6.28. The molecular weight excluding hydrogens is 374 g/mol. The number of unbranched alkanes of at least 4 members (excludes halogenated alkanes) is 2. The van der Waals surface area contributed by atoms with E-state index in [-0.39, 0.29) is 24.6 Å². The van der Waals surface area contributed by atoms with Crippen LogP contribution >= 0.6 is 0 Å². The van der Waals surface area contributed by atoms with Crippen LogP contribution in [0.5, 0.6) is 0 Å². The van der Waals surface area contributed by atoms with Crippen LogP contribution in [-0.4, -0.2) is 53.3 Å². The number of amides is 4. The summed E-state index contributed by atoms with van der Waals surface area (Å²) < 4.78 is 5.21. The van der Waals surface area contributed by atoms with Crippen molar-refractivity contribution in [2.75, 3.05) is 25.0 Å². The molecule has 0 radical (unpaired) electrons. The van der Waals surface area contributed by atoms with Crippen molar-refractivity contribution in [3.8, 4) is 0 Å². The maximum Gasteiger partial charge on any atom is 0.338 e. The van der Waals surface area contributed by atoms with Crippen molar-refractivity contribution < 1.29 is 23.9 Å². The third-order valence-electron chi connectivity index (χ3n) is 4.53. The van der Waals surface area contributed by atoms with Gasteiger partial charge in [0.2, 0.25) is 0 Å². The van der Waals surface area contributed by atoms with Gasteiger partial charge in [0.15, 0.2) is 0 Å². The third-order valence-corrected chi connectivity index (χ3v) is 4.53. The number of nitrogens with one attached hydrogen (secondary N) is 1. The molecule has 1 fully saturated rings. The van der Waals surface area contributed by atoms with Gasteiger partial charge in [-0.15, -0.1) is 0 Å². The van der Waals surface area contributed by atoms with Crippen molar-refractivity contribution in [1.29, 1.82) is 0 Å². The lowest BCUT2D eigenvalue weighted by Crippen LogP contribution is -2.56. The van der Waals surface area contributed by atoms with E-state index >= 15 is 0 Å². The van der Waals surface area contributed by atoms with E-state index in [4.69, 9.17) is 4.74 Å². The van der Waals surface area contributed by atoms with Crippen LogP contribution in [0.3, 0.4) is 0 Å². The molecule has 1 aromatic rings. The van der Waals surface area contributed by atoms with Crippen molar-refractivity contribution in [3.05, 3.63) is 41.6 Å². The van der Waals surface area contributed by atoms with E-state index in [0.717, 1.165) is 29.1 Å². The van der Waals surface area contributed by atoms with E-state index in [1.165, 1.54) is 6.20 Å². The van der Waals surface area contributed by atoms with Crippen LogP contribution in [0.15, 0.2) is 36.0 Å². The highest BCUT2D eigenvalue weighted by Crippen LogP contribution is 2.18. The van der Waals surface area contributed by atoms with Gasteiger partial charge in [0.05, 0.1) is 12.2 Å². The number of hydrogen-bond acceptors (Lipinski definition) is 6. The predicted octanol–water partition coefficient (Wildman–Crippen LogP) is 3.16. The number of nitrogens with zero attached hydrogens (tertiary/aromatic N) is 2. The Balaban J connectivity index is 2.06. The van der Waals surface area contributed by atoms with Crippen molar-refractivity contribution >= 4 is 29.5 Å². The monoisotopic (exact) mass is 401 g/mol. The minimum atomic E-state index is -0.632. The molecule has 156 valence electrons. The number of hydrogen-bond donors (Lipinski definition) is 1. The maximum atomic E-state index is 12.4. The summed E-state index contributed by atoms with van der Waals surface area (Å²) in [5.74, 6) is -1.65. The summed E-state index contributed by atoms with van der Waals surface area (Å²) in [4.78, 5) is 51.1. The predicted molar refractivity (Wildman–Crippen MR) is 108 cm³/mol. The molecule has 0 bridgehead atoms. The van der Waals surface area contributed by atoms with Crippen LogP contribution in [0, 0.1) is 0 Å². The average molecular weight is 401 g/mol. The molecule has 0 aliphatic carbocycles. The van der Waals surface area contributed by atoms with Crippen LogP contribution in [0.1, 0.15) is 50.4 Å². The number of barbiturate groups is 1. The van der Waals surface area contributed by atoms with E-state index in [9.17, 15) is 19.2 Å². The van der Waals surface area contributed by atoms with E-state index in [1.807, 2.05) is 0 Å². The first-order valence-electron chi connectivity index (χ1n) is 9.86. The number of carbonyl (C=O) groups excluding carboxylic acids is 4. The summed E-state index contributed by atoms with van der Waals surface area (Å²) >= 11 is 0. The van der Waals surface area contributed by atoms with Gasteiger partial charge in [-0.3, -0.25) is 19.4 Å². The number of esters is 1. The summed E-state index contributed by atoms with van der Waals surface area (Å²) in [5.41, 5.74) is 0.890. The fraction of sp³-hybridized carbons (Fsp3) is 0.429. The number of benzene rings is 1. The standard InChI is InChI=1S/C21H27N3O5/c1-4-7-8-13-29-20(27)15-9-11-16(12-10-15)22-14-17-18(25)23(5-2)21(28)24(6-3)19(17)26/h9-12,14,22H,4-8,13H2,1-3H3. The zero-order valence-electron chi connectivity index (χ0n) is 17.1. The third kappa shape index (κ3) is 5.22. The molecule has 29 heavy (non-hydrogen) atoms. The summed E-state index contributed by atoms with van der Waals surface area (Å²) in [6.45, 7) is 6.16. The maximum absolute atomic E-state index is 12.4. The van der Waals surface area contributed by atoms with E-state index in [1.54, 1.807) is 38.1 Å². The Morgan fingerprint density at radius 1 is 0.966 bits per heavy atom. The lowest BCUT2D eigenvalue weighted by molar-refractivity contribution is -0.135. The molecule has 8 heteroatoms. The molecule has 4 amide bonds. The summed E-state index contributed by atoms with van der Waals surface area (Å²) in [7, 11) is 0. The minimum absolute atomic E-state index is 0.118. The van der Waals surface area contributed by atoms with Crippen LogP contribution in [0.2, 0.25) is 0 Å². The Morgan fingerprint density at radius 3 is 2.07 bits per heavy atom. The highest BCUT2D eigenvalue weighted by Gasteiger charge is 2.40. The van der Waals surface area contributed by atoms with Crippen molar-refractivity contribution in [1.82, 2.24) is 9.80 Å². The largest absolute Gasteiger partial charge is 0.462 e. The first-order chi connectivity index (χ1) is 13.9. The van der Waals surface area contributed by atoms with E-state index in [2.05, 4.69) is 12.2 Å². The number of ether oxygens (including phenoxy) is 1. The zero-order valence-corrected chi connectivity index (χ0v) is 17.1. The molecule has 1 heterocycles. The molecule has 0 aromatic heterocycles. The zero-order chi connectivity index (χ0) is 21.4. The second-order valence-corrected chi connectivity index (χ2v) is 6.50. The molecule has 8 nitrogen and oxygen atoms in total. The fourth-order valence-electron chi connectivity index (χ4n) is 2.84. The highest BCUT2D eigenvalue weighted by atomic mass is 16.5.